The third kappa shape index (κ3) is 9.92. The fourth-order valence-corrected chi connectivity index (χ4v) is 7.09. The van der Waals surface area contributed by atoms with Gasteiger partial charge in [-0.15, -0.1) is 0 Å². The van der Waals surface area contributed by atoms with Crippen molar-refractivity contribution in [3.63, 3.8) is 0 Å². The summed E-state index contributed by atoms with van der Waals surface area (Å²) in [6, 6.07) is 4.87. The van der Waals surface area contributed by atoms with E-state index in [-0.39, 0.29) is 54.3 Å². The van der Waals surface area contributed by atoms with Crippen molar-refractivity contribution in [3.8, 4) is 5.75 Å². The molecule has 0 spiro atoms. The average Bonchev–Trinajstić information content (AvgIpc) is 3.06. The zero-order chi connectivity index (χ0) is 32.3. The summed E-state index contributed by atoms with van der Waals surface area (Å²) in [6.45, 7) is 7.06. The number of likely N-dealkylation sites (N-methyl/N-ethyl adjacent to an activating group) is 1. The molecule has 2 aliphatic carbocycles. The second-order valence-electron chi connectivity index (χ2n) is 13.9. The van der Waals surface area contributed by atoms with Crippen molar-refractivity contribution >= 4 is 23.4 Å². The standard InChI is InChI=1S/C36H57N3O6/c1-25-22-39(26(2)24-40)36(43)31-21-30(37-34(41)28-14-7-5-8-15-28)18-19-32(31)45-27(3)13-11-12-20-44-33(25)23-38(4)35(42)29-16-9-6-10-17-29/h18-19,21,25-29,33,40H,5-17,20,22-24H2,1-4H3,(H,37,41)/t25-,26-,27-,33-/m0/s1. The Morgan fingerprint density at radius 3 is 2.29 bits per heavy atom. The van der Waals surface area contributed by atoms with Gasteiger partial charge >= 0.3 is 0 Å². The molecule has 2 fully saturated rings. The van der Waals surface area contributed by atoms with Crippen molar-refractivity contribution < 1.29 is 29.0 Å². The molecule has 1 aromatic rings. The molecule has 3 aliphatic rings. The largest absolute Gasteiger partial charge is 0.490 e. The molecular formula is C36H57N3O6. The minimum atomic E-state index is -0.458. The van der Waals surface area contributed by atoms with Gasteiger partial charge in [-0.25, -0.2) is 0 Å². The Morgan fingerprint density at radius 2 is 1.62 bits per heavy atom. The second-order valence-corrected chi connectivity index (χ2v) is 13.9. The maximum Gasteiger partial charge on any atom is 0.258 e. The molecule has 9 nitrogen and oxygen atoms in total. The Kier molecular flexibility index (Phi) is 13.5. The third-order valence-corrected chi connectivity index (χ3v) is 10.1. The molecule has 2 N–H and O–H groups in total. The maximum atomic E-state index is 14.4. The first kappa shape index (κ1) is 35.2. The van der Waals surface area contributed by atoms with E-state index in [0.717, 1.165) is 70.6 Å². The topological polar surface area (TPSA) is 108 Å². The summed E-state index contributed by atoms with van der Waals surface area (Å²) in [7, 11) is 1.87. The van der Waals surface area contributed by atoms with Gasteiger partial charge in [0.1, 0.15) is 5.75 Å². The SMILES string of the molecule is C[C@H]1CCCCO[C@@H](CN(C)C(=O)C2CCCCC2)[C@@H](C)CN([C@@H](C)CO)C(=O)c2cc(NC(=O)C3CCCCC3)ccc2O1. The molecule has 0 bridgehead atoms. The molecule has 45 heavy (non-hydrogen) atoms. The molecule has 4 rings (SSSR count). The Balaban J connectivity index is 1.58. The van der Waals surface area contributed by atoms with Crippen LogP contribution in [0.3, 0.4) is 0 Å². The lowest BCUT2D eigenvalue weighted by molar-refractivity contribution is -0.138. The number of amides is 3. The van der Waals surface area contributed by atoms with Gasteiger partial charge in [-0.3, -0.25) is 14.4 Å². The number of carbonyl (C=O) groups is 3. The molecule has 1 aromatic carbocycles. The highest BCUT2D eigenvalue weighted by atomic mass is 16.5. The first-order chi connectivity index (χ1) is 21.7. The van der Waals surface area contributed by atoms with E-state index in [1.165, 1.54) is 12.8 Å². The van der Waals surface area contributed by atoms with Crippen molar-refractivity contribution in [2.45, 2.75) is 122 Å². The van der Waals surface area contributed by atoms with Crippen LogP contribution in [0.25, 0.3) is 0 Å². The predicted octanol–water partition coefficient (Wildman–Crippen LogP) is 6.04. The molecular weight excluding hydrogens is 570 g/mol. The van der Waals surface area contributed by atoms with E-state index in [9.17, 15) is 19.5 Å². The van der Waals surface area contributed by atoms with Crippen LogP contribution in [-0.2, 0) is 14.3 Å². The average molecular weight is 628 g/mol. The highest BCUT2D eigenvalue weighted by Crippen LogP contribution is 2.31. The van der Waals surface area contributed by atoms with E-state index in [2.05, 4.69) is 12.2 Å². The van der Waals surface area contributed by atoms with Gasteiger partial charge in [0.05, 0.1) is 30.4 Å². The minimum Gasteiger partial charge on any atom is -0.490 e. The molecule has 0 radical (unpaired) electrons. The summed E-state index contributed by atoms with van der Waals surface area (Å²) < 4.78 is 12.8. The van der Waals surface area contributed by atoms with Crippen LogP contribution in [0.1, 0.15) is 115 Å². The maximum absolute atomic E-state index is 14.4. The monoisotopic (exact) mass is 627 g/mol. The molecule has 9 heteroatoms. The number of fused-ring (bicyclic) bond motifs is 1. The van der Waals surface area contributed by atoms with Crippen LogP contribution < -0.4 is 10.1 Å². The Morgan fingerprint density at radius 1 is 0.978 bits per heavy atom. The van der Waals surface area contributed by atoms with Gasteiger partial charge in [0, 0.05) is 50.2 Å². The van der Waals surface area contributed by atoms with Crippen LogP contribution in [0.15, 0.2) is 18.2 Å². The van der Waals surface area contributed by atoms with E-state index in [1.54, 1.807) is 17.0 Å². The van der Waals surface area contributed by atoms with Gasteiger partial charge in [-0.05, 0) is 77.0 Å². The number of nitrogens with one attached hydrogen (secondary N) is 1. The van der Waals surface area contributed by atoms with Crippen LogP contribution in [0.4, 0.5) is 5.69 Å². The van der Waals surface area contributed by atoms with E-state index >= 15 is 0 Å². The summed E-state index contributed by atoms with van der Waals surface area (Å²) in [5, 5.41) is 13.3. The lowest BCUT2D eigenvalue weighted by Crippen LogP contribution is -2.48. The summed E-state index contributed by atoms with van der Waals surface area (Å²) in [5.41, 5.74) is 0.943. The molecule has 4 atom stereocenters. The molecule has 0 aromatic heterocycles. The predicted molar refractivity (Wildman–Crippen MR) is 176 cm³/mol. The van der Waals surface area contributed by atoms with Crippen molar-refractivity contribution in [1.82, 2.24) is 9.80 Å². The van der Waals surface area contributed by atoms with E-state index in [0.29, 0.717) is 36.7 Å². The molecule has 1 aliphatic heterocycles. The Hall–Kier alpha value is -2.65. The number of aliphatic hydroxyl groups excluding tert-OH is 1. The van der Waals surface area contributed by atoms with Crippen LogP contribution >= 0.6 is 0 Å². The van der Waals surface area contributed by atoms with Crippen molar-refractivity contribution in [1.29, 1.82) is 0 Å². The minimum absolute atomic E-state index is 0.00151. The number of hydrogen-bond donors (Lipinski definition) is 2. The summed E-state index contributed by atoms with van der Waals surface area (Å²) in [5.74, 6) is 0.366. The number of aliphatic hydroxyl groups is 1. The Labute approximate surface area is 270 Å². The molecule has 0 saturated heterocycles. The fraction of sp³-hybridized carbons (Fsp3) is 0.750. The zero-order valence-corrected chi connectivity index (χ0v) is 28.1. The van der Waals surface area contributed by atoms with E-state index < -0.39 is 6.04 Å². The third-order valence-electron chi connectivity index (χ3n) is 10.1. The smallest absolute Gasteiger partial charge is 0.258 e. The molecule has 0 unspecified atom stereocenters. The fourth-order valence-electron chi connectivity index (χ4n) is 7.09. The normalized spacial score (nSPS) is 25.4. The number of rotatable bonds is 7. The van der Waals surface area contributed by atoms with Crippen molar-refractivity contribution in [2.24, 2.45) is 17.8 Å². The van der Waals surface area contributed by atoms with Gasteiger partial charge in [-0.1, -0.05) is 45.4 Å². The van der Waals surface area contributed by atoms with Crippen LogP contribution in [0, 0.1) is 17.8 Å². The molecule has 3 amide bonds. The van der Waals surface area contributed by atoms with E-state index in [1.807, 2.05) is 31.9 Å². The zero-order valence-electron chi connectivity index (χ0n) is 28.1. The molecule has 2 saturated carbocycles. The van der Waals surface area contributed by atoms with Crippen molar-refractivity contribution in [3.05, 3.63) is 23.8 Å². The number of hydrogen-bond acceptors (Lipinski definition) is 6. The van der Waals surface area contributed by atoms with Gasteiger partial charge < -0.3 is 29.7 Å². The molecule has 252 valence electrons. The first-order valence-electron chi connectivity index (χ1n) is 17.6. The second kappa shape index (κ2) is 17.3. The summed E-state index contributed by atoms with van der Waals surface area (Å²) >= 11 is 0. The van der Waals surface area contributed by atoms with Gasteiger partial charge in [0.15, 0.2) is 0 Å². The summed E-state index contributed by atoms with van der Waals surface area (Å²) in [4.78, 5) is 44.3. The van der Waals surface area contributed by atoms with Crippen molar-refractivity contribution in [2.75, 3.05) is 38.7 Å². The van der Waals surface area contributed by atoms with Gasteiger partial charge in [-0.2, -0.15) is 0 Å². The highest BCUT2D eigenvalue weighted by molar-refractivity contribution is 6.00. The van der Waals surface area contributed by atoms with Gasteiger partial charge in [0.25, 0.3) is 5.91 Å². The van der Waals surface area contributed by atoms with Crippen LogP contribution in [0.5, 0.6) is 5.75 Å². The number of carbonyl (C=O) groups excluding carboxylic acids is 3. The number of ether oxygens (including phenoxy) is 2. The molecule has 1 heterocycles. The Bertz CT molecular complexity index is 1120. The first-order valence-corrected chi connectivity index (χ1v) is 17.6. The summed E-state index contributed by atoms with van der Waals surface area (Å²) in [6.07, 6.45) is 12.6. The lowest BCUT2D eigenvalue weighted by Gasteiger charge is -2.36. The van der Waals surface area contributed by atoms with Gasteiger partial charge in [0.2, 0.25) is 11.8 Å². The quantitative estimate of drug-likeness (QED) is 0.382. The van der Waals surface area contributed by atoms with Crippen LogP contribution in [-0.4, -0.2) is 84.2 Å². The number of nitrogens with zero attached hydrogens (tertiary/aromatic N) is 2. The highest BCUT2D eigenvalue weighted by Gasteiger charge is 2.32. The number of benzene rings is 1. The number of anilines is 1. The van der Waals surface area contributed by atoms with E-state index in [4.69, 9.17) is 9.47 Å². The van der Waals surface area contributed by atoms with Crippen LogP contribution in [0.2, 0.25) is 0 Å². The lowest BCUT2D eigenvalue weighted by atomic mass is 9.88.